The number of carbonyl (C=O) groups excluding carboxylic acids is 1. The van der Waals surface area contributed by atoms with E-state index in [1.807, 2.05) is 30.3 Å². The molecule has 0 spiro atoms. The minimum absolute atomic E-state index is 0.0704. The van der Waals surface area contributed by atoms with Crippen molar-refractivity contribution in [1.82, 2.24) is 4.98 Å². The number of nitrogens with zero attached hydrogens (tertiary/aromatic N) is 1. The molecule has 0 unspecified atom stereocenters. The number of hydrogen-bond acceptors (Lipinski definition) is 3. The molecule has 0 bridgehead atoms. The summed E-state index contributed by atoms with van der Waals surface area (Å²) in [6.45, 7) is 0.733. The molecule has 0 saturated carbocycles. The van der Waals surface area contributed by atoms with Crippen molar-refractivity contribution in [2.45, 2.75) is 32.1 Å². The average molecular weight is 271 g/mol. The molecule has 3 N–H and O–H groups in total. The van der Waals surface area contributed by atoms with Gasteiger partial charge in [0, 0.05) is 23.7 Å². The second-order valence-electron chi connectivity index (χ2n) is 4.91. The van der Waals surface area contributed by atoms with Crippen LogP contribution in [0.25, 0.3) is 10.9 Å². The SMILES string of the molecule is NCCCCCCC(=O)Nc1ccc2ncccc2c1. The summed E-state index contributed by atoms with van der Waals surface area (Å²) < 4.78 is 0. The van der Waals surface area contributed by atoms with Crippen LogP contribution in [0.5, 0.6) is 0 Å². The quantitative estimate of drug-likeness (QED) is 0.760. The first-order chi connectivity index (χ1) is 9.79. The first kappa shape index (κ1) is 14.5. The molecule has 20 heavy (non-hydrogen) atoms. The molecule has 0 saturated heterocycles. The highest BCUT2D eigenvalue weighted by Crippen LogP contribution is 2.17. The van der Waals surface area contributed by atoms with Gasteiger partial charge in [0.25, 0.3) is 0 Å². The number of hydrogen-bond donors (Lipinski definition) is 2. The third-order valence-corrected chi connectivity index (χ3v) is 3.24. The van der Waals surface area contributed by atoms with Gasteiger partial charge in [0.15, 0.2) is 0 Å². The first-order valence-electron chi connectivity index (χ1n) is 7.14. The maximum absolute atomic E-state index is 11.8. The largest absolute Gasteiger partial charge is 0.330 e. The fourth-order valence-corrected chi connectivity index (χ4v) is 2.16. The number of rotatable bonds is 7. The van der Waals surface area contributed by atoms with Crippen LogP contribution in [0, 0.1) is 0 Å². The van der Waals surface area contributed by atoms with Gasteiger partial charge in [-0.25, -0.2) is 0 Å². The van der Waals surface area contributed by atoms with Crippen molar-refractivity contribution in [3.63, 3.8) is 0 Å². The van der Waals surface area contributed by atoms with Gasteiger partial charge in [0.1, 0.15) is 0 Å². The van der Waals surface area contributed by atoms with E-state index in [1.165, 1.54) is 0 Å². The van der Waals surface area contributed by atoms with E-state index in [4.69, 9.17) is 5.73 Å². The molecule has 1 aromatic heterocycles. The summed E-state index contributed by atoms with van der Waals surface area (Å²) in [6.07, 6.45) is 6.45. The lowest BCUT2D eigenvalue weighted by atomic mass is 10.1. The van der Waals surface area contributed by atoms with Gasteiger partial charge in [-0.1, -0.05) is 18.9 Å². The smallest absolute Gasteiger partial charge is 0.224 e. The zero-order valence-electron chi connectivity index (χ0n) is 11.6. The van der Waals surface area contributed by atoms with Crippen LogP contribution in [0.1, 0.15) is 32.1 Å². The first-order valence-corrected chi connectivity index (χ1v) is 7.14. The highest BCUT2D eigenvalue weighted by Gasteiger charge is 2.03. The number of nitrogens with one attached hydrogen (secondary N) is 1. The fourth-order valence-electron chi connectivity index (χ4n) is 2.16. The van der Waals surface area contributed by atoms with Gasteiger partial charge >= 0.3 is 0 Å². The predicted molar refractivity (Wildman–Crippen MR) is 82.5 cm³/mol. The van der Waals surface area contributed by atoms with Crippen molar-refractivity contribution < 1.29 is 4.79 Å². The van der Waals surface area contributed by atoms with E-state index in [-0.39, 0.29) is 5.91 Å². The Balaban J connectivity index is 1.83. The Morgan fingerprint density at radius 3 is 2.85 bits per heavy atom. The molecule has 0 atom stereocenters. The summed E-state index contributed by atoms with van der Waals surface area (Å²) in [7, 11) is 0. The van der Waals surface area contributed by atoms with E-state index in [0.717, 1.165) is 48.8 Å². The van der Waals surface area contributed by atoms with E-state index in [0.29, 0.717) is 6.42 Å². The number of unbranched alkanes of at least 4 members (excludes halogenated alkanes) is 3. The van der Waals surface area contributed by atoms with Gasteiger partial charge in [0.2, 0.25) is 5.91 Å². The number of aromatic nitrogens is 1. The topological polar surface area (TPSA) is 68.0 Å². The van der Waals surface area contributed by atoms with Gasteiger partial charge in [-0.15, -0.1) is 0 Å². The predicted octanol–water partition coefficient (Wildman–Crippen LogP) is 3.08. The summed E-state index contributed by atoms with van der Waals surface area (Å²) in [4.78, 5) is 16.1. The van der Waals surface area contributed by atoms with Crippen molar-refractivity contribution in [3.05, 3.63) is 36.5 Å². The molecular formula is C16H21N3O. The molecule has 4 nitrogen and oxygen atoms in total. The minimum atomic E-state index is 0.0704. The molecule has 2 rings (SSSR count). The summed E-state index contributed by atoms with van der Waals surface area (Å²) in [5.41, 5.74) is 7.20. The lowest BCUT2D eigenvalue weighted by Gasteiger charge is -2.06. The van der Waals surface area contributed by atoms with Crippen LogP contribution in [-0.4, -0.2) is 17.4 Å². The summed E-state index contributed by atoms with van der Waals surface area (Å²) >= 11 is 0. The number of benzene rings is 1. The van der Waals surface area contributed by atoms with Crippen LogP contribution in [0.3, 0.4) is 0 Å². The lowest BCUT2D eigenvalue weighted by Crippen LogP contribution is -2.11. The molecule has 0 aliphatic heterocycles. The Kier molecular flexibility index (Phi) is 5.50. The lowest BCUT2D eigenvalue weighted by molar-refractivity contribution is -0.116. The minimum Gasteiger partial charge on any atom is -0.330 e. The summed E-state index contributed by atoms with van der Waals surface area (Å²) in [5, 5.41) is 3.97. The van der Waals surface area contributed by atoms with Crippen LogP contribution >= 0.6 is 0 Å². The number of nitrogens with two attached hydrogens (primary N) is 1. The average Bonchev–Trinajstić information content (AvgIpc) is 2.47. The molecule has 0 aliphatic rings. The van der Waals surface area contributed by atoms with Crippen LogP contribution in [0.4, 0.5) is 5.69 Å². The fraction of sp³-hybridized carbons (Fsp3) is 0.375. The zero-order valence-corrected chi connectivity index (χ0v) is 11.6. The highest BCUT2D eigenvalue weighted by molar-refractivity contribution is 5.93. The van der Waals surface area contributed by atoms with Crippen LogP contribution in [-0.2, 0) is 4.79 Å². The number of carbonyl (C=O) groups is 1. The molecule has 0 fully saturated rings. The van der Waals surface area contributed by atoms with Gasteiger partial charge in [-0.3, -0.25) is 9.78 Å². The normalized spacial score (nSPS) is 10.7. The number of fused-ring (bicyclic) bond motifs is 1. The third kappa shape index (κ3) is 4.31. The second-order valence-corrected chi connectivity index (χ2v) is 4.91. The maximum Gasteiger partial charge on any atom is 0.224 e. The monoisotopic (exact) mass is 271 g/mol. The summed E-state index contributed by atoms with van der Waals surface area (Å²) in [6, 6.07) is 9.65. The Morgan fingerprint density at radius 1 is 1.15 bits per heavy atom. The highest BCUT2D eigenvalue weighted by atomic mass is 16.1. The van der Waals surface area contributed by atoms with Crippen molar-refractivity contribution >= 4 is 22.5 Å². The molecule has 1 amide bonds. The molecule has 0 aliphatic carbocycles. The summed E-state index contributed by atoms with van der Waals surface area (Å²) in [5.74, 6) is 0.0704. The van der Waals surface area contributed by atoms with Gasteiger partial charge in [-0.2, -0.15) is 0 Å². The molecule has 4 heteroatoms. The molecule has 1 aromatic carbocycles. The van der Waals surface area contributed by atoms with Gasteiger partial charge in [0.05, 0.1) is 5.52 Å². The third-order valence-electron chi connectivity index (χ3n) is 3.24. The Bertz CT molecular complexity index is 568. The van der Waals surface area contributed by atoms with Crippen molar-refractivity contribution in [2.24, 2.45) is 5.73 Å². The number of pyridine rings is 1. The molecular weight excluding hydrogens is 250 g/mol. The van der Waals surface area contributed by atoms with Crippen molar-refractivity contribution in [2.75, 3.05) is 11.9 Å². The Hall–Kier alpha value is -1.94. The number of anilines is 1. The second kappa shape index (κ2) is 7.60. The Morgan fingerprint density at radius 2 is 2.00 bits per heavy atom. The molecule has 0 radical (unpaired) electrons. The van der Waals surface area contributed by atoms with E-state index in [9.17, 15) is 4.79 Å². The zero-order chi connectivity index (χ0) is 14.2. The van der Waals surface area contributed by atoms with E-state index in [2.05, 4.69) is 10.3 Å². The molecule has 1 heterocycles. The van der Waals surface area contributed by atoms with E-state index in [1.54, 1.807) is 6.20 Å². The molecule has 2 aromatic rings. The van der Waals surface area contributed by atoms with Crippen molar-refractivity contribution in [3.8, 4) is 0 Å². The standard InChI is InChI=1S/C16H21N3O/c17-10-4-2-1-3-7-16(20)19-14-8-9-15-13(12-14)6-5-11-18-15/h5-6,8-9,11-12H,1-4,7,10,17H2,(H,19,20). The van der Waals surface area contributed by atoms with E-state index < -0.39 is 0 Å². The van der Waals surface area contributed by atoms with Crippen LogP contribution in [0.15, 0.2) is 36.5 Å². The van der Waals surface area contributed by atoms with Crippen molar-refractivity contribution in [1.29, 1.82) is 0 Å². The number of amides is 1. The van der Waals surface area contributed by atoms with Crippen LogP contribution < -0.4 is 11.1 Å². The molecule has 106 valence electrons. The van der Waals surface area contributed by atoms with Gasteiger partial charge < -0.3 is 11.1 Å². The van der Waals surface area contributed by atoms with E-state index >= 15 is 0 Å². The van der Waals surface area contributed by atoms with Crippen LogP contribution in [0.2, 0.25) is 0 Å². The Labute approximate surface area is 119 Å². The van der Waals surface area contributed by atoms with Gasteiger partial charge in [-0.05, 0) is 43.7 Å². The maximum atomic E-state index is 11.8.